The third-order valence-corrected chi connectivity index (χ3v) is 4.47. The van der Waals surface area contributed by atoms with Gasteiger partial charge in [0.25, 0.3) is 5.91 Å². The van der Waals surface area contributed by atoms with Crippen molar-refractivity contribution in [3.8, 4) is 0 Å². The minimum absolute atomic E-state index is 0.108. The minimum Gasteiger partial charge on any atom is -0.339 e. The molecule has 0 spiro atoms. The maximum absolute atomic E-state index is 12.6. The molecule has 1 heterocycles. The summed E-state index contributed by atoms with van der Waals surface area (Å²) in [5, 5.41) is 0.901. The van der Waals surface area contributed by atoms with Crippen molar-refractivity contribution in [3.05, 3.63) is 35.4 Å². The Morgan fingerprint density at radius 2 is 1.95 bits per heavy atom. The van der Waals surface area contributed by atoms with E-state index in [1.165, 1.54) is 12.1 Å². The van der Waals surface area contributed by atoms with Crippen molar-refractivity contribution in [2.75, 3.05) is 18.4 Å². The molecule has 0 saturated carbocycles. The zero-order chi connectivity index (χ0) is 14.8. The topological polar surface area (TPSA) is 20.3 Å². The van der Waals surface area contributed by atoms with Crippen LogP contribution in [0, 0.1) is 5.92 Å². The fourth-order valence-electron chi connectivity index (χ4n) is 2.30. The Hall–Kier alpha value is -1.04. The molecule has 2 rings (SSSR count). The number of halogens is 4. The van der Waals surface area contributed by atoms with Crippen LogP contribution in [0.25, 0.3) is 0 Å². The van der Waals surface area contributed by atoms with Gasteiger partial charge in [0.05, 0.1) is 5.56 Å². The Labute approximate surface area is 124 Å². The number of hydrogen-bond acceptors (Lipinski definition) is 1. The van der Waals surface area contributed by atoms with Gasteiger partial charge in [0.1, 0.15) is 0 Å². The van der Waals surface area contributed by atoms with Gasteiger partial charge < -0.3 is 4.90 Å². The monoisotopic (exact) mass is 349 g/mol. The Morgan fingerprint density at radius 3 is 2.50 bits per heavy atom. The molecule has 0 aliphatic carbocycles. The molecule has 1 saturated heterocycles. The lowest BCUT2D eigenvalue weighted by atomic mass is 9.98. The normalized spacial score (nSPS) is 17.3. The van der Waals surface area contributed by atoms with Gasteiger partial charge in [0, 0.05) is 24.0 Å². The molecule has 20 heavy (non-hydrogen) atoms. The van der Waals surface area contributed by atoms with E-state index in [1.807, 2.05) is 0 Å². The van der Waals surface area contributed by atoms with Crippen LogP contribution in [-0.4, -0.2) is 29.2 Å². The quantitative estimate of drug-likeness (QED) is 0.740. The van der Waals surface area contributed by atoms with Crippen LogP contribution in [0.5, 0.6) is 0 Å². The van der Waals surface area contributed by atoms with Crippen LogP contribution in [0.2, 0.25) is 0 Å². The molecular weight excluding hydrogens is 335 g/mol. The predicted molar refractivity (Wildman–Crippen MR) is 73.9 cm³/mol. The Balaban J connectivity index is 2.10. The smallest absolute Gasteiger partial charge is 0.339 e. The van der Waals surface area contributed by atoms with Crippen molar-refractivity contribution in [3.63, 3.8) is 0 Å². The summed E-state index contributed by atoms with van der Waals surface area (Å²) in [4.78, 5) is 13.9. The van der Waals surface area contributed by atoms with Gasteiger partial charge in [0.2, 0.25) is 0 Å². The highest BCUT2D eigenvalue weighted by atomic mass is 79.9. The Bertz CT molecular complexity index is 482. The summed E-state index contributed by atoms with van der Waals surface area (Å²) in [6, 6.07) is 4.63. The molecule has 1 amide bonds. The van der Waals surface area contributed by atoms with E-state index in [4.69, 9.17) is 0 Å². The number of carbonyl (C=O) groups is 1. The lowest BCUT2D eigenvalue weighted by Crippen LogP contribution is -2.38. The fourth-order valence-corrected chi connectivity index (χ4v) is 2.95. The summed E-state index contributed by atoms with van der Waals surface area (Å²) < 4.78 is 37.9. The highest BCUT2D eigenvalue weighted by Crippen LogP contribution is 2.30. The van der Waals surface area contributed by atoms with E-state index in [0.29, 0.717) is 19.0 Å². The van der Waals surface area contributed by atoms with Gasteiger partial charge in [-0.05, 0) is 37.0 Å². The highest BCUT2D eigenvalue weighted by Gasteiger charge is 2.31. The van der Waals surface area contributed by atoms with E-state index < -0.39 is 11.7 Å². The molecule has 1 fully saturated rings. The third-order valence-electron chi connectivity index (χ3n) is 3.56. The van der Waals surface area contributed by atoms with Crippen molar-refractivity contribution in [1.29, 1.82) is 0 Å². The molecule has 1 aromatic carbocycles. The van der Waals surface area contributed by atoms with Gasteiger partial charge in [-0.1, -0.05) is 22.0 Å². The number of benzene rings is 1. The van der Waals surface area contributed by atoms with Crippen molar-refractivity contribution in [2.24, 2.45) is 5.92 Å². The summed E-state index contributed by atoms with van der Waals surface area (Å²) >= 11 is 3.42. The molecular formula is C14H15BrF3NO. The average molecular weight is 350 g/mol. The number of amides is 1. The second-order valence-corrected chi connectivity index (χ2v) is 5.62. The Kier molecular flexibility index (Phi) is 4.73. The first-order valence-corrected chi connectivity index (χ1v) is 7.56. The number of piperidine rings is 1. The lowest BCUT2D eigenvalue weighted by molar-refractivity contribution is -0.137. The SMILES string of the molecule is O=C(c1cccc(C(F)(F)F)c1)N1CCC(CBr)CC1. The van der Waals surface area contributed by atoms with Crippen molar-refractivity contribution in [1.82, 2.24) is 4.90 Å². The van der Waals surface area contributed by atoms with Crippen LogP contribution >= 0.6 is 15.9 Å². The zero-order valence-electron chi connectivity index (χ0n) is 10.8. The summed E-state index contributed by atoms with van der Waals surface area (Å²) in [6.45, 7) is 1.21. The van der Waals surface area contributed by atoms with Crippen LogP contribution in [-0.2, 0) is 6.18 Å². The summed E-state index contributed by atoms with van der Waals surface area (Å²) in [6.07, 6.45) is -2.65. The van der Waals surface area contributed by atoms with E-state index in [0.717, 1.165) is 30.3 Å². The first-order chi connectivity index (χ1) is 9.41. The van der Waals surface area contributed by atoms with Gasteiger partial charge in [0.15, 0.2) is 0 Å². The van der Waals surface area contributed by atoms with E-state index in [1.54, 1.807) is 4.90 Å². The molecule has 1 aliphatic rings. The Morgan fingerprint density at radius 1 is 1.30 bits per heavy atom. The van der Waals surface area contributed by atoms with Crippen LogP contribution in [0.15, 0.2) is 24.3 Å². The number of hydrogen-bond donors (Lipinski definition) is 0. The third kappa shape index (κ3) is 3.53. The van der Waals surface area contributed by atoms with Gasteiger partial charge in [-0.25, -0.2) is 0 Å². The van der Waals surface area contributed by atoms with E-state index >= 15 is 0 Å². The molecule has 0 unspecified atom stereocenters. The minimum atomic E-state index is -4.42. The molecule has 6 heteroatoms. The van der Waals surface area contributed by atoms with Crippen molar-refractivity contribution in [2.45, 2.75) is 19.0 Å². The second kappa shape index (κ2) is 6.16. The zero-order valence-corrected chi connectivity index (χ0v) is 12.4. The second-order valence-electron chi connectivity index (χ2n) is 4.97. The van der Waals surface area contributed by atoms with Crippen LogP contribution in [0.1, 0.15) is 28.8 Å². The van der Waals surface area contributed by atoms with E-state index in [9.17, 15) is 18.0 Å². The van der Waals surface area contributed by atoms with Gasteiger partial charge in [-0.15, -0.1) is 0 Å². The first-order valence-electron chi connectivity index (χ1n) is 6.44. The molecule has 2 nitrogen and oxygen atoms in total. The van der Waals surface area contributed by atoms with Crippen LogP contribution in [0.3, 0.4) is 0 Å². The summed E-state index contributed by atoms with van der Waals surface area (Å²) in [5.41, 5.74) is -0.671. The molecule has 0 aromatic heterocycles. The number of likely N-dealkylation sites (tertiary alicyclic amines) is 1. The van der Waals surface area contributed by atoms with Crippen LogP contribution < -0.4 is 0 Å². The average Bonchev–Trinajstić information content (AvgIpc) is 2.46. The number of carbonyl (C=O) groups excluding carboxylic acids is 1. The molecule has 0 atom stereocenters. The number of nitrogens with zero attached hydrogens (tertiary/aromatic N) is 1. The first kappa shape index (κ1) is 15.4. The van der Waals surface area contributed by atoms with E-state index in [2.05, 4.69) is 15.9 Å². The van der Waals surface area contributed by atoms with Gasteiger partial charge >= 0.3 is 6.18 Å². The largest absolute Gasteiger partial charge is 0.416 e. The van der Waals surface area contributed by atoms with E-state index in [-0.39, 0.29) is 11.5 Å². The lowest BCUT2D eigenvalue weighted by Gasteiger charge is -2.31. The molecule has 110 valence electrons. The molecule has 1 aliphatic heterocycles. The van der Waals surface area contributed by atoms with Gasteiger partial charge in [-0.3, -0.25) is 4.79 Å². The summed E-state index contributed by atoms with van der Waals surface area (Å²) in [7, 11) is 0. The number of rotatable bonds is 2. The van der Waals surface area contributed by atoms with Crippen molar-refractivity contribution < 1.29 is 18.0 Å². The molecule has 0 radical (unpaired) electrons. The highest BCUT2D eigenvalue weighted by molar-refractivity contribution is 9.09. The fraction of sp³-hybridized carbons (Fsp3) is 0.500. The molecule has 0 bridgehead atoms. The maximum Gasteiger partial charge on any atom is 0.416 e. The van der Waals surface area contributed by atoms with Crippen molar-refractivity contribution >= 4 is 21.8 Å². The number of alkyl halides is 4. The van der Waals surface area contributed by atoms with Crippen LogP contribution in [0.4, 0.5) is 13.2 Å². The summed E-state index contributed by atoms with van der Waals surface area (Å²) in [5.74, 6) is 0.227. The molecule has 1 aromatic rings. The standard InChI is InChI=1S/C14H15BrF3NO/c15-9-10-4-6-19(7-5-10)13(20)11-2-1-3-12(8-11)14(16,17)18/h1-3,8,10H,4-7,9H2. The molecule has 0 N–H and O–H groups in total. The van der Waals surface area contributed by atoms with Gasteiger partial charge in [-0.2, -0.15) is 13.2 Å². The maximum atomic E-state index is 12.6. The predicted octanol–water partition coefficient (Wildman–Crippen LogP) is 3.95.